The molecule has 2 rings (SSSR count). The Balaban J connectivity index is 1.95. The summed E-state index contributed by atoms with van der Waals surface area (Å²) in [7, 11) is 0. The first kappa shape index (κ1) is 11.3. The van der Waals surface area contributed by atoms with Crippen molar-refractivity contribution in [2.75, 3.05) is 18.5 Å². The van der Waals surface area contributed by atoms with E-state index in [2.05, 4.69) is 17.4 Å². The zero-order valence-electron chi connectivity index (χ0n) is 9.70. The number of fused-ring (bicyclic) bond motifs is 1. The average molecular weight is 221 g/mol. The number of hydrogen-bond donors (Lipinski definition) is 2. The predicted molar refractivity (Wildman–Crippen MR) is 65.0 cm³/mol. The number of hydrogen-bond acceptors (Lipinski definition) is 3. The number of aliphatic hydroxyl groups is 1. The molecule has 3 heteroatoms. The summed E-state index contributed by atoms with van der Waals surface area (Å²) in [5, 5.41) is 12.5. The summed E-state index contributed by atoms with van der Waals surface area (Å²) in [5.41, 5.74) is 2.56. The molecule has 2 N–H and O–H groups in total. The fraction of sp³-hybridized carbons (Fsp3) is 0.538. The van der Waals surface area contributed by atoms with Gasteiger partial charge in [0.25, 0.3) is 0 Å². The molecule has 16 heavy (non-hydrogen) atoms. The second-order valence-electron chi connectivity index (χ2n) is 4.34. The molecule has 1 unspecified atom stereocenters. The topological polar surface area (TPSA) is 41.5 Å². The molecule has 1 heterocycles. The zero-order chi connectivity index (χ0) is 11.4. The monoisotopic (exact) mass is 221 g/mol. The Morgan fingerprint density at radius 3 is 3.19 bits per heavy atom. The van der Waals surface area contributed by atoms with Crippen molar-refractivity contribution >= 4 is 5.69 Å². The number of anilines is 1. The van der Waals surface area contributed by atoms with Gasteiger partial charge < -0.3 is 15.2 Å². The first-order chi connectivity index (χ1) is 7.75. The van der Waals surface area contributed by atoms with Crippen LogP contribution in [0.25, 0.3) is 0 Å². The summed E-state index contributed by atoms with van der Waals surface area (Å²) in [6.07, 6.45) is 2.69. The van der Waals surface area contributed by atoms with Gasteiger partial charge in [0.1, 0.15) is 5.75 Å². The Kier molecular flexibility index (Phi) is 3.67. The van der Waals surface area contributed by atoms with E-state index in [1.807, 2.05) is 6.07 Å². The van der Waals surface area contributed by atoms with Gasteiger partial charge in [0.15, 0.2) is 0 Å². The Hall–Kier alpha value is -1.22. The highest BCUT2D eigenvalue weighted by molar-refractivity contribution is 5.55. The quantitative estimate of drug-likeness (QED) is 0.819. The van der Waals surface area contributed by atoms with E-state index in [1.54, 1.807) is 6.92 Å². The van der Waals surface area contributed by atoms with Crippen LogP contribution in [0.15, 0.2) is 18.2 Å². The minimum absolute atomic E-state index is 0.292. The van der Waals surface area contributed by atoms with Crippen LogP contribution in [0.5, 0.6) is 5.75 Å². The average Bonchev–Trinajstić information content (AvgIpc) is 2.28. The molecule has 1 atom stereocenters. The highest BCUT2D eigenvalue weighted by Crippen LogP contribution is 2.26. The summed E-state index contributed by atoms with van der Waals surface area (Å²) >= 11 is 0. The predicted octanol–water partition coefficient (Wildman–Crippen LogP) is 2.19. The van der Waals surface area contributed by atoms with Crippen LogP contribution in [0.4, 0.5) is 5.69 Å². The summed E-state index contributed by atoms with van der Waals surface area (Å²) < 4.78 is 5.60. The number of nitrogens with one attached hydrogen (secondary N) is 1. The minimum atomic E-state index is -0.292. The van der Waals surface area contributed by atoms with Crippen molar-refractivity contribution in [2.45, 2.75) is 32.3 Å². The maximum Gasteiger partial charge on any atom is 0.119 e. The van der Waals surface area contributed by atoms with Crippen molar-refractivity contribution in [3.8, 4) is 5.75 Å². The van der Waals surface area contributed by atoms with Gasteiger partial charge in [0.05, 0.1) is 12.7 Å². The van der Waals surface area contributed by atoms with Crippen molar-refractivity contribution in [1.29, 1.82) is 0 Å². The van der Waals surface area contributed by atoms with E-state index in [0.717, 1.165) is 18.7 Å². The van der Waals surface area contributed by atoms with E-state index < -0.39 is 0 Å². The molecule has 1 aliphatic rings. The number of aryl methyl sites for hydroxylation is 1. The van der Waals surface area contributed by atoms with Crippen LogP contribution in [0.1, 0.15) is 25.3 Å². The van der Waals surface area contributed by atoms with Crippen LogP contribution in [0.3, 0.4) is 0 Å². The highest BCUT2D eigenvalue weighted by Gasteiger charge is 2.09. The minimum Gasteiger partial charge on any atom is -0.493 e. The summed E-state index contributed by atoms with van der Waals surface area (Å²) in [5.74, 6) is 0.906. The van der Waals surface area contributed by atoms with Crippen molar-refractivity contribution in [3.05, 3.63) is 23.8 Å². The zero-order valence-corrected chi connectivity index (χ0v) is 9.70. The van der Waals surface area contributed by atoms with Crippen molar-refractivity contribution in [2.24, 2.45) is 0 Å². The third kappa shape index (κ3) is 2.89. The van der Waals surface area contributed by atoms with Crippen LogP contribution in [0, 0.1) is 0 Å². The Bertz CT molecular complexity index is 350. The molecule has 0 amide bonds. The SMILES string of the molecule is CC(O)CCOc1ccc2c(c1)CCCN2. The first-order valence-corrected chi connectivity index (χ1v) is 5.93. The molecule has 0 aliphatic carbocycles. The van der Waals surface area contributed by atoms with Crippen molar-refractivity contribution < 1.29 is 9.84 Å². The standard InChI is InChI=1S/C13H19NO2/c1-10(15)6-8-16-12-4-5-13-11(9-12)3-2-7-14-13/h4-5,9-10,14-15H,2-3,6-8H2,1H3. The summed E-state index contributed by atoms with van der Waals surface area (Å²) in [4.78, 5) is 0. The van der Waals surface area contributed by atoms with E-state index in [9.17, 15) is 0 Å². The van der Waals surface area contributed by atoms with Crippen LogP contribution in [-0.2, 0) is 6.42 Å². The molecule has 0 aromatic heterocycles. The maximum absolute atomic E-state index is 9.13. The molecule has 1 aromatic carbocycles. The van der Waals surface area contributed by atoms with E-state index in [4.69, 9.17) is 9.84 Å². The Labute approximate surface area is 96.4 Å². The molecular formula is C13H19NO2. The lowest BCUT2D eigenvalue weighted by Crippen LogP contribution is -2.12. The Morgan fingerprint density at radius 1 is 1.50 bits per heavy atom. The molecule has 0 fully saturated rings. The van der Waals surface area contributed by atoms with Crippen LogP contribution in [0.2, 0.25) is 0 Å². The van der Waals surface area contributed by atoms with Gasteiger partial charge in [0, 0.05) is 18.7 Å². The molecule has 1 aliphatic heterocycles. The molecule has 1 aromatic rings. The van der Waals surface area contributed by atoms with Gasteiger partial charge in [-0.3, -0.25) is 0 Å². The molecular weight excluding hydrogens is 202 g/mol. The Morgan fingerprint density at radius 2 is 2.38 bits per heavy atom. The van der Waals surface area contributed by atoms with Gasteiger partial charge >= 0.3 is 0 Å². The van der Waals surface area contributed by atoms with E-state index >= 15 is 0 Å². The fourth-order valence-electron chi connectivity index (χ4n) is 1.89. The third-order valence-corrected chi connectivity index (χ3v) is 2.82. The van der Waals surface area contributed by atoms with Crippen molar-refractivity contribution in [1.82, 2.24) is 0 Å². The first-order valence-electron chi connectivity index (χ1n) is 5.93. The molecule has 0 bridgehead atoms. The fourth-order valence-corrected chi connectivity index (χ4v) is 1.89. The number of aliphatic hydroxyl groups excluding tert-OH is 1. The normalized spacial score (nSPS) is 16.1. The molecule has 0 radical (unpaired) electrons. The smallest absolute Gasteiger partial charge is 0.119 e. The van der Waals surface area contributed by atoms with Gasteiger partial charge in [0.2, 0.25) is 0 Å². The number of ether oxygens (including phenoxy) is 1. The summed E-state index contributed by atoms with van der Waals surface area (Å²) in [6, 6.07) is 6.16. The number of benzene rings is 1. The lowest BCUT2D eigenvalue weighted by Gasteiger charge is -2.18. The van der Waals surface area contributed by atoms with E-state index in [1.165, 1.54) is 17.7 Å². The summed E-state index contributed by atoms with van der Waals surface area (Å²) in [6.45, 7) is 3.42. The van der Waals surface area contributed by atoms with Crippen molar-refractivity contribution in [3.63, 3.8) is 0 Å². The lowest BCUT2D eigenvalue weighted by atomic mass is 10.0. The van der Waals surface area contributed by atoms with Gasteiger partial charge in [-0.2, -0.15) is 0 Å². The number of rotatable bonds is 4. The van der Waals surface area contributed by atoms with Crippen LogP contribution >= 0.6 is 0 Å². The maximum atomic E-state index is 9.13. The molecule has 3 nitrogen and oxygen atoms in total. The second-order valence-corrected chi connectivity index (χ2v) is 4.34. The molecule has 0 saturated carbocycles. The van der Waals surface area contributed by atoms with Gasteiger partial charge in [-0.05, 0) is 43.5 Å². The van der Waals surface area contributed by atoms with Gasteiger partial charge in [-0.15, -0.1) is 0 Å². The van der Waals surface area contributed by atoms with Crippen LogP contribution < -0.4 is 10.1 Å². The van der Waals surface area contributed by atoms with Gasteiger partial charge in [-0.25, -0.2) is 0 Å². The molecule has 88 valence electrons. The van der Waals surface area contributed by atoms with E-state index in [-0.39, 0.29) is 6.10 Å². The van der Waals surface area contributed by atoms with Gasteiger partial charge in [-0.1, -0.05) is 0 Å². The van der Waals surface area contributed by atoms with E-state index in [0.29, 0.717) is 13.0 Å². The molecule has 0 saturated heterocycles. The second kappa shape index (κ2) is 5.21. The molecule has 0 spiro atoms. The van der Waals surface area contributed by atoms with Crippen LogP contribution in [-0.4, -0.2) is 24.4 Å². The lowest BCUT2D eigenvalue weighted by molar-refractivity contribution is 0.155. The third-order valence-electron chi connectivity index (χ3n) is 2.82. The highest BCUT2D eigenvalue weighted by atomic mass is 16.5. The largest absolute Gasteiger partial charge is 0.493 e.